The maximum absolute atomic E-state index is 14.1. The number of hydrogen-bond donors (Lipinski definition) is 1. The summed E-state index contributed by atoms with van der Waals surface area (Å²) in [5.74, 6) is 0.535. The molecule has 232 valence electrons. The van der Waals surface area contributed by atoms with E-state index in [1.54, 1.807) is 16.3 Å². The highest BCUT2D eigenvalue weighted by Crippen LogP contribution is 2.37. The Balaban J connectivity index is 1.53. The third-order valence-electron chi connectivity index (χ3n) is 7.52. The molecule has 1 saturated heterocycles. The second kappa shape index (κ2) is 11.6. The second-order valence-corrected chi connectivity index (χ2v) is 19.6. The molecule has 0 aliphatic carbocycles. The maximum Gasteiger partial charge on any atom is 0.407 e. The van der Waals surface area contributed by atoms with Crippen LogP contribution in [-0.2, 0) is 30.3 Å². The molecule has 3 aromatic heterocycles. The number of nitrogens with zero attached hydrogens (tertiary/aromatic N) is 6. The summed E-state index contributed by atoms with van der Waals surface area (Å²) in [7, 11) is 2.31. The first kappa shape index (κ1) is 31.1. The van der Waals surface area contributed by atoms with Gasteiger partial charge in [-0.1, -0.05) is 37.3 Å². The number of aryl methyl sites for hydroxylation is 1. The van der Waals surface area contributed by atoms with Gasteiger partial charge in [0.2, 0.25) is 5.95 Å². The number of alkyl carbamates (subject to hydrolysis) is 1. The third-order valence-corrected chi connectivity index (χ3v) is 9.63. The van der Waals surface area contributed by atoms with Gasteiger partial charge in [0, 0.05) is 70.8 Å². The smallest absolute Gasteiger partial charge is 0.407 e. The number of ether oxygens (including phenoxy) is 2. The maximum atomic E-state index is 14.1. The number of fused-ring (bicyclic) bond motifs is 2. The van der Waals surface area contributed by atoms with Crippen LogP contribution < -0.4 is 15.8 Å². The van der Waals surface area contributed by atoms with E-state index in [0.29, 0.717) is 53.7 Å². The molecule has 1 aliphatic rings. The Bertz CT molecular complexity index is 1730. The molecule has 4 aromatic rings. The molecular formula is C30H42ClN7O4Si. The van der Waals surface area contributed by atoms with Crippen LogP contribution in [0, 0.1) is 0 Å². The number of hydrogen-bond acceptors (Lipinski definition) is 7. The molecular weight excluding hydrogens is 586 g/mol. The Kier molecular flexibility index (Phi) is 8.40. The minimum Gasteiger partial charge on any atom is -0.444 e. The van der Waals surface area contributed by atoms with E-state index in [0.717, 1.165) is 22.5 Å². The quantitative estimate of drug-likeness (QED) is 0.207. The fourth-order valence-electron chi connectivity index (χ4n) is 5.35. The van der Waals surface area contributed by atoms with Crippen molar-refractivity contribution < 1.29 is 14.3 Å². The van der Waals surface area contributed by atoms with Crippen molar-refractivity contribution in [2.24, 2.45) is 14.1 Å². The summed E-state index contributed by atoms with van der Waals surface area (Å²) in [5.41, 5.74) is 2.00. The van der Waals surface area contributed by atoms with Crippen LogP contribution in [0.3, 0.4) is 0 Å². The molecule has 0 radical (unpaired) electrons. The summed E-state index contributed by atoms with van der Waals surface area (Å²) >= 11 is 6.93. The molecule has 0 bridgehead atoms. The summed E-state index contributed by atoms with van der Waals surface area (Å²) in [4.78, 5) is 33.5. The number of carbonyl (C=O) groups excluding carboxylic acids is 1. The lowest BCUT2D eigenvalue weighted by atomic mass is 10.0. The highest BCUT2D eigenvalue weighted by Gasteiger charge is 2.30. The topological polar surface area (TPSA) is 108 Å². The van der Waals surface area contributed by atoms with Crippen LogP contribution in [0.5, 0.6) is 0 Å². The molecule has 0 saturated carbocycles. The van der Waals surface area contributed by atoms with Crippen LogP contribution in [0.15, 0.2) is 29.3 Å². The van der Waals surface area contributed by atoms with Crippen molar-refractivity contribution in [3.8, 4) is 11.1 Å². The summed E-state index contributed by atoms with van der Waals surface area (Å²) in [5, 5.41) is 9.25. The largest absolute Gasteiger partial charge is 0.444 e. The van der Waals surface area contributed by atoms with Gasteiger partial charge in [-0.05, 0) is 39.3 Å². The first-order valence-corrected chi connectivity index (χ1v) is 18.7. The number of anilines is 1. The van der Waals surface area contributed by atoms with Crippen molar-refractivity contribution in [3.05, 3.63) is 39.9 Å². The average Bonchev–Trinajstić information content (AvgIpc) is 3.59. The Labute approximate surface area is 257 Å². The summed E-state index contributed by atoms with van der Waals surface area (Å²) in [6.45, 7) is 14.5. The number of aromatic nitrogens is 5. The van der Waals surface area contributed by atoms with Crippen LogP contribution in [0.1, 0.15) is 27.2 Å². The van der Waals surface area contributed by atoms with Crippen LogP contribution in [0.25, 0.3) is 33.1 Å². The highest BCUT2D eigenvalue weighted by atomic mass is 35.5. The number of halogens is 1. The van der Waals surface area contributed by atoms with Crippen molar-refractivity contribution >= 4 is 53.7 Å². The van der Waals surface area contributed by atoms with Crippen molar-refractivity contribution in [1.82, 2.24) is 29.2 Å². The zero-order chi connectivity index (χ0) is 31.3. The zero-order valence-corrected chi connectivity index (χ0v) is 28.1. The van der Waals surface area contributed by atoms with Gasteiger partial charge in [0.1, 0.15) is 12.3 Å². The predicted molar refractivity (Wildman–Crippen MR) is 174 cm³/mol. The van der Waals surface area contributed by atoms with E-state index in [2.05, 4.69) is 30.1 Å². The average molecular weight is 628 g/mol. The molecule has 0 unspecified atom stereocenters. The predicted octanol–water partition coefficient (Wildman–Crippen LogP) is 5.36. The van der Waals surface area contributed by atoms with E-state index in [4.69, 9.17) is 26.1 Å². The van der Waals surface area contributed by atoms with Crippen molar-refractivity contribution in [2.45, 2.75) is 71.3 Å². The normalized spacial score (nSPS) is 16.0. The number of benzene rings is 1. The van der Waals surface area contributed by atoms with Gasteiger partial charge < -0.3 is 24.3 Å². The third kappa shape index (κ3) is 6.76. The van der Waals surface area contributed by atoms with Crippen molar-refractivity contribution in [3.63, 3.8) is 0 Å². The molecule has 1 N–H and O–H groups in total. The number of amides is 1. The standard InChI is InChI=1S/C30H42ClN7O4Si/c1-30(2,3)42-29(40)32-19-11-12-37(15-19)28-33-26-24(27(39)36(28)5)21(17-38(26)18-41-13-14-43(6,7)8)20-9-10-23-22(25(20)31)16-35(4)34-23/h9-10,16-17,19H,11-15,18H2,1-8H3,(H,32,40)/t19-/m1/s1. The molecule has 1 atom stereocenters. The van der Waals surface area contributed by atoms with Gasteiger partial charge in [-0.15, -0.1) is 0 Å². The van der Waals surface area contributed by atoms with Crippen LogP contribution >= 0.6 is 11.6 Å². The first-order chi connectivity index (χ1) is 20.1. The molecule has 1 aliphatic heterocycles. The highest BCUT2D eigenvalue weighted by molar-refractivity contribution is 6.76. The van der Waals surface area contributed by atoms with E-state index >= 15 is 0 Å². The molecule has 0 spiro atoms. The zero-order valence-electron chi connectivity index (χ0n) is 26.3. The van der Waals surface area contributed by atoms with Gasteiger partial charge in [0.05, 0.1) is 22.0 Å². The van der Waals surface area contributed by atoms with E-state index in [9.17, 15) is 9.59 Å². The number of carbonyl (C=O) groups is 1. The Morgan fingerprint density at radius 2 is 1.91 bits per heavy atom. The van der Waals surface area contributed by atoms with Crippen molar-refractivity contribution in [1.29, 1.82) is 0 Å². The molecule has 5 rings (SSSR count). The SMILES string of the molecule is Cn1cc2c(Cl)c(-c3cn(COCC[Si](C)(C)C)c4nc(N5CC[C@@H](NC(=O)OC(C)(C)C)C5)n(C)c(=O)c34)ccc2n1. The lowest BCUT2D eigenvalue weighted by molar-refractivity contribution is 0.0509. The molecule has 1 amide bonds. The van der Waals surface area contributed by atoms with Gasteiger partial charge in [0.15, 0.2) is 5.65 Å². The van der Waals surface area contributed by atoms with E-state index in [-0.39, 0.29) is 18.3 Å². The minimum absolute atomic E-state index is 0.125. The lowest BCUT2D eigenvalue weighted by Crippen LogP contribution is -2.41. The fourth-order valence-corrected chi connectivity index (χ4v) is 6.42. The Morgan fingerprint density at radius 3 is 2.60 bits per heavy atom. The number of rotatable bonds is 8. The Morgan fingerprint density at radius 1 is 1.16 bits per heavy atom. The van der Waals surface area contributed by atoms with Crippen LogP contribution in [0.2, 0.25) is 30.7 Å². The molecule has 1 fully saturated rings. The fraction of sp³-hybridized carbons (Fsp3) is 0.533. The van der Waals surface area contributed by atoms with E-state index in [1.807, 2.05) is 61.8 Å². The molecule has 1 aromatic carbocycles. The van der Waals surface area contributed by atoms with Gasteiger partial charge in [-0.2, -0.15) is 10.1 Å². The first-order valence-electron chi connectivity index (χ1n) is 14.7. The molecule has 4 heterocycles. The van der Waals surface area contributed by atoms with Gasteiger partial charge in [-0.25, -0.2) is 4.79 Å². The van der Waals surface area contributed by atoms with Crippen LogP contribution in [-0.4, -0.2) is 69.4 Å². The van der Waals surface area contributed by atoms with E-state index in [1.165, 1.54) is 0 Å². The van der Waals surface area contributed by atoms with Crippen molar-refractivity contribution in [2.75, 3.05) is 24.6 Å². The minimum atomic E-state index is -1.28. The second-order valence-electron chi connectivity index (χ2n) is 13.6. The molecule has 13 heteroatoms. The monoisotopic (exact) mass is 627 g/mol. The number of nitrogens with one attached hydrogen (secondary N) is 1. The van der Waals surface area contributed by atoms with Crippen LogP contribution in [0.4, 0.5) is 10.7 Å². The van der Waals surface area contributed by atoms with Gasteiger partial charge >= 0.3 is 6.09 Å². The summed E-state index contributed by atoms with van der Waals surface area (Å²) in [6.07, 6.45) is 4.05. The summed E-state index contributed by atoms with van der Waals surface area (Å²) in [6, 6.07) is 4.73. The van der Waals surface area contributed by atoms with E-state index < -0.39 is 19.8 Å². The Hall–Kier alpha value is -3.35. The molecule has 11 nitrogen and oxygen atoms in total. The summed E-state index contributed by atoms with van der Waals surface area (Å²) < 4.78 is 16.8. The molecule has 43 heavy (non-hydrogen) atoms. The van der Waals surface area contributed by atoms with Gasteiger partial charge in [-0.3, -0.25) is 14.0 Å². The van der Waals surface area contributed by atoms with Gasteiger partial charge in [0.25, 0.3) is 5.56 Å². The lowest BCUT2D eigenvalue weighted by Gasteiger charge is -2.23.